The van der Waals surface area contributed by atoms with Crippen molar-refractivity contribution in [2.75, 3.05) is 26.8 Å². The molecule has 1 aromatic rings. The molecule has 20 heavy (non-hydrogen) atoms. The summed E-state index contributed by atoms with van der Waals surface area (Å²) in [6, 6.07) is 7.85. The van der Waals surface area contributed by atoms with Crippen molar-refractivity contribution in [2.45, 2.75) is 26.4 Å². The second-order valence-corrected chi connectivity index (χ2v) is 5.59. The summed E-state index contributed by atoms with van der Waals surface area (Å²) in [5.41, 5.74) is 1.11. The molecule has 0 saturated heterocycles. The van der Waals surface area contributed by atoms with Crippen LogP contribution in [0.15, 0.2) is 24.3 Å². The molecule has 2 rings (SSSR count). The van der Waals surface area contributed by atoms with E-state index in [9.17, 15) is 4.79 Å². The lowest BCUT2D eigenvalue weighted by atomic mass is 10.1. The van der Waals surface area contributed by atoms with Gasteiger partial charge in [-0.1, -0.05) is 32.0 Å². The Hall–Kier alpha value is -1.55. The van der Waals surface area contributed by atoms with E-state index < -0.39 is 0 Å². The zero-order chi connectivity index (χ0) is 14.5. The van der Waals surface area contributed by atoms with Crippen LogP contribution in [0.4, 0.5) is 0 Å². The van der Waals surface area contributed by atoms with Crippen LogP contribution in [0.1, 0.15) is 19.4 Å². The van der Waals surface area contributed by atoms with Crippen LogP contribution in [0.5, 0.6) is 5.75 Å². The van der Waals surface area contributed by atoms with Gasteiger partial charge in [-0.05, 0) is 17.5 Å². The fraction of sp³-hybridized carbons (Fsp3) is 0.562. The number of carbonyl (C=O) groups is 1. The molecule has 0 radical (unpaired) electrons. The first-order valence-corrected chi connectivity index (χ1v) is 7.14. The quantitative estimate of drug-likeness (QED) is 0.799. The Morgan fingerprint density at radius 3 is 2.85 bits per heavy atom. The van der Waals surface area contributed by atoms with Gasteiger partial charge in [-0.15, -0.1) is 0 Å². The predicted molar refractivity (Wildman–Crippen MR) is 77.9 cm³/mol. The highest BCUT2D eigenvalue weighted by molar-refractivity contribution is 5.82. The molecular formula is C16H23NO3. The molecule has 1 heterocycles. The number of rotatable bonds is 6. The Balaban J connectivity index is 2.01. The molecule has 0 N–H and O–H groups in total. The van der Waals surface area contributed by atoms with Gasteiger partial charge in [0.15, 0.2) is 6.10 Å². The largest absolute Gasteiger partial charge is 0.480 e. The van der Waals surface area contributed by atoms with Gasteiger partial charge in [-0.2, -0.15) is 0 Å². The molecule has 1 unspecified atom stereocenters. The van der Waals surface area contributed by atoms with E-state index in [0.29, 0.717) is 25.5 Å². The highest BCUT2D eigenvalue weighted by atomic mass is 16.5. The van der Waals surface area contributed by atoms with Crippen molar-refractivity contribution >= 4 is 5.91 Å². The molecule has 4 nitrogen and oxygen atoms in total. The smallest absolute Gasteiger partial charge is 0.264 e. The second-order valence-electron chi connectivity index (χ2n) is 5.59. The van der Waals surface area contributed by atoms with Crippen LogP contribution in [0.2, 0.25) is 0 Å². The van der Waals surface area contributed by atoms with Crippen LogP contribution in [-0.2, 0) is 16.0 Å². The number of hydrogen-bond acceptors (Lipinski definition) is 3. The number of para-hydroxylation sites is 1. The topological polar surface area (TPSA) is 38.8 Å². The van der Waals surface area contributed by atoms with Gasteiger partial charge in [-0.3, -0.25) is 4.79 Å². The van der Waals surface area contributed by atoms with E-state index in [0.717, 1.165) is 17.9 Å². The summed E-state index contributed by atoms with van der Waals surface area (Å²) in [7, 11) is 1.65. The van der Waals surface area contributed by atoms with E-state index in [4.69, 9.17) is 9.47 Å². The van der Waals surface area contributed by atoms with Crippen molar-refractivity contribution in [1.82, 2.24) is 4.90 Å². The summed E-state index contributed by atoms with van der Waals surface area (Å²) in [6.07, 6.45) is 0.277. The highest BCUT2D eigenvalue weighted by Crippen LogP contribution is 2.29. The standard InChI is InChI=1S/C16H23NO3/c1-12(2)11-17(8-9-19-3)16(18)15-10-13-6-4-5-7-14(13)20-15/h4-7,12,15H,8-11H2,1-3H3. The predicted octanol–water partition coefficient (Wildman–Crippen LogP) is 2.12. The number of carbonyl (C=O) groups excluding carboxylic acids is 1. The summed E-state index contributed by atoms with van der Waals surface area (Å²) in [5.74, 6) is 1.33. The Morgan fingerprint density at radius 1 is 1.45 bits per heavy atom. The van der Waals surface area contributed by atoms with Gasteiger partial charge in [-0.25, -0.2) is 0 Å². The summed E-state index contributed by atoms with van der Waals surface area (Å²) in [6.45, 7) is 6.12. The minimum Gasteiger partial charge on any atom is -0.480 e. The Labute approximate surface area is 120 Å². The molecule has 1 amide bonds. The van der Waals surface area contributed by atoms with Gasteiger partial charge < -0.3 is 14.4 Å². The molecular weight excluding hydrogens is 254 g/mol. The van der Waals surface area contributed by atoms with Crippen LogP contribution >= 0.6 is 0 Å². The molecule has 1 atom stereocenters. The Bertz CT molecular complexity index is 434. The zero-order valence-corrected chi connectivity index (χ0v) is 12.5. The number of hydrogen-bond donors (Lipinski definition) is 0. The number of methoxy groups -OCH3 is 1. The number of amides is 1. The molecule has 0 aromatic heterocycles. The van der Waals surface area contributed by atoms with E-state index in [1.807, 2.05) is 29.2 Å². The lowest BCUT2D eigenvalue weighted by Gasteiger charge is -2.26. The molecule has 0 fully saturated rings. The molecule has 0 bridgehead atoms. The lowest BCUT2D eigenvalue weighted by Crippen LogP contribution is -2.44. The maximum Gasteiger partial charge on any atom is 0.264 e. The number of ether oxygens (including phenoxy) is 2. The first kappa shape index (κ1) is 14.9. The fourth-order valence-corrected chi connectivity index (χ4v) is 2.46. The van der Waals surface area contributed by atoms with Crippen molar-refractivity contribution < 1.29 is 14.3 Å². The summed E-state index contributed by atoms with van der Waals surface area (Å²) < 4.78 is 10.9. The third kappa shape index (κ3) is 3.51. The zero-order valence-electron chi connectivity index (χ0n) is 12.5. The summed E-state index contributed by atoms with van der Waals surface area (Å²) in [5, 5.41) is 0. The van der Waals surface area contributed by atoms with Crippen LogP contribution in [0.3, 0.4) is 0 Å². The lowest BCUT2D eigenvalue weighted by molar-refractivity contribution is -0.139. The van der Waals surface area contributed by atoms with E-state index >= 15 is 0 Å². The molecule has 4 heteroatoms. The van der Waals surface area contributed by atoms with Gasteiger partial charge in [0.25, 0.3) is 5.91 Å². The molecule has 0 aliphatic carbocycles. The van der Waals surface area contributed by atoms with Crippen LogP contribution in [0.25, 0.3) is 0 Å². The third-order valence-corrected chi connectivity index (χ3v) is 3.39. The normalized spacial score (nSPS) is 16.9. The van der Waals surface area contributed by atoms with Crippen molar-refractivity contribution in [3.8, 4) is 5.75 Å². The molecule has 110 valence electrons. The Kier molecular flexibility index (Phi) is 5.01. The highest BCUT2D eigenvalue weighted by Gasteiger charge is 2.32. The van der Waals surface area contributed by atoms with E-state index in [1.54, 1.807) is 7.11 Å². The molecule has 0 saturated carbocycles. The molecule has 1 aliphatic rings. The fourth-order valence-electron chi connectivity index (χ4n) is 2.46. The first-order valence-electron chi connectivity index (χ1n) is 7.14. The molecule has 1 aromatic carbocycles. The second kappa shape index (κ2) is 6.75. The van der Waals surface area contributed by atoms with Gasteiger partial charge in [0, 0.05) is 26.6 Å². The molecule has 0 spiro atoms. The van der Waals surface area contributed by atoms with Gasteiger partial charge in [0.1, 0.15) is 5.75 Å². The van der Waals surface area contributed by atoms with Crippen LogP contribution in [0, 0.1) is 5.92 Å². The van der Waals surface area contributed by atoms with E-state index in [2.05, 4.69) is 13.8 Å². The van der Waals surface area contributed by atoms with Crippen molar-refractivity contribution in [2.24, 2.45) is 5.92 Å². The number of nitrogens with zero attached hydrogens (tertiary/aromatic N) is 1. The van der Waals surface area contributed by atoms with Crippen LogP contribution in [-0.4, -0.2) is 43.7 Å². The van der Waals surface area contributed by atoms with Crippen molar-refractivity contribution in [1.29, 1.82) is 0 Å². The first-order chi connectivity index (χ1) is 9.61. The molecule has 1 aliphatic heterocycles. The van der Waals surface area contributed by atoms with Gasteiger partial charge in [0.05, 0.1) is 6.61 Å². The van der Waals surface area contributed by atoms with Crippen molar-refractivity contribution in [3.63, 3.8) is 0 Å². The Morgan fingerprint density at radius 2 is 2.20 bits per heavy atom. The van der Waals surface area contributed by atoms with E-state index in [-0.39, 0.29) is 12.0 Å². The number of fused-ring (bicyclic) bond motifs is 1. The average molecular weight is 277 g/mol. The summed E-state index contributed by atoms with van der Waals surface area (Å²) >= 11 is 0. The van der Waals surface area contributed by atoms with Crippen molar-refractivity contribution in [3.05, 3.63) is 29.8 Å². The minimum absolute atomic E-state index is 0.0620. The third-order valence-electron chi connectivity index (χ3n) is 3.39. The minimum atomic E-state index is -0.386. The maximum absolute atomic E-state index is 12.6. The summed E-state index contributed by atoms with van der Waals surface area (Å²) in [4.78, 5) is 14.5. The number of benzene rings is 1. The maximum atomic E-state index is 12.6. The SMILES string of the molecule is COCCN(CC(C)C)C(=O)C1Cc2ccccc2O1. The van der Waals surface area contributed by atoms with Gasteiger partial charge in [0.2, 0.25) is 0 Å². The van der Waals surface area contributed by atoms with Gasteiger partial charge >= 0.3 is 0 Å². The average Bonchev–Trinajstić information content (AvgIpc) is 2.86. The van der Waals surface area contributed by atoms with Crippen LogP contribution < -0.4 is 4.74 Å². The van der Waals surface area contributed by atoms with E-state index in [1.165, 1.54) is 0 Å². The monoisotopic (exact) mass is 277 g/mol.